The largest absolute Gasteiger partial charge is 0.370 e. The number of ether oxygens (including phenoxy) is 2. The van der Waals surface area contributed by atoms with Crippen molar-refractivity contribution >= 4 is 0 Å². The quantitative estimate of drug-likeness (QED) is 0.523. The Balaban J connectivity index is 2.95. The average molecular weight is 132 g/mol. The van der Waals surface area contributed by atoms with Crippen LogP contribution in [0.25, 0.3) is 0 Å². The minimum Gasteiger partial charge on any atom is -0.370 e. The molecule has 0 aromatic rings. The van der Waals surface area contributed by atoms with E-state index in [9.17, 15) is 5.11 Å². The number of hydrogen-bond acceptors (Lipinski definition) is 2. The van der Waals surface area contributed by atoms with Crippen LogP contribution in [0.1, 0.15) is 13.8 Å². The van der Waals surface area contributed by atoms with Gasteiger partial charge in [-0.3, -0.25) is 0 Å². The van der Waals surface area contributed by atoms with Gasteiger partial charge in [-0.1, -0.05) is 0 Å². The highest BCUT2D eigenvalue weighted by Gasteiger charge is 2.03. The van der Waals surface area contributed by atoms with E-state index in [0.717, 1.165) is 6.61 Å². The molecule has 9 heavy (non-hydrogen) atoms. The van der Waals surface area contributed by atoms with Crippen LogP contribution in [0.5, 0.6) is 0 Å². The molecule has 0 spiro atoms. The smallest absolute Gasteiger partial charge is 0.220 e. The number of hydrogen-bond donors (Lipinski definition) is 0. The lowest BCUT2D eigenvalue weighted by atomic mass is 10.6. The molecule has 0 aromatic carbocycles. The molecule has 0 aliphatic heterocycles. The van der Waals surface area contributed by atoms with Crippen LogP contribution >= 0.6 is 0 Å². The van der Waals surface area contributed by atoms with E-state index in [-0.39, 0.29) is 0 Å². The maximum atomic E-state index is 10.5. The predicted octanol–water partition coefficient (Wildman–Crippen LogP) is 0.978. The Morgan fingerprint density at radius 3 is 2.56 bits per heavy atom. The Bertz CT molecular complexity index is 56.3. The van der Waals surface area contributed by atoms with Crippen LogP contribution in [0.3, 0.4) is 0 Å². The van der Waals surface area contributed by atoms with Gasteiger partial charge in [0.15, 0.2) is 0 Å². The van der Waals surface area contributed by atoms with Crippen LogP contribution in [0.4, 0.5) is 0 Å². The first kappa shape index (κ1) is 8.88. The maximum Gasteiger partial charge on any atom is 0.220 e. The molecular weight excluding hydrogens is 120 g/mol. The normalized spacial score (nSPS) is 13.7. The molecule has 0 rings (SSSR count). The Labute approximate surface area is 55.6 Å². The zero-order valence-corrected chi connectivity index (χ0v) is 5.79. The molecule has 0 aromatic heterocycles. The molecule has 0 amide bonds. The van der Waals surface area contributed by atoms with Crippen molar-refractivity contribution in [3.05, 3.63) is 6.61 Å². The molecule has 0 saturated heterocycles. The van der Waals surface area contributed by atoms with Gasteiger partial charge in [-0.2, -0.15) is 5.11 Å². The molecule has 54 valence electrons. The van der Waals surface area contributed by atoms with Gasteiger partial charge in [0.05, 0.1) is 0 Å². The summed E-state index contributed by atoms with van der Waals surface area (Å²) in [5.41, 5.74) is 0. The van der Waals surface area contributed by atoms with E-state index >= 15 is 0 Å². The average Bonchev–Trinajstić information content (AvgIpc) is 1.85. The van der Waals surface area contributed by atoms with Crippen molar-refractivity contribution in [2.24, 2.45) is 0 Å². The third-order valence-corrected chi connectivity index (χ3v) is 0.705. The fourth-order valence-electron chi connectivity index (χ4n) is 0.378. The molecular formula is C6H12O3. The lowest BCUT2D eigenvalue weighted by molar-refractivity contribution is -0.141. The van der Waals surface area contributed by atoms with E-state index in [2.05, 4.69) is 9.47 Å². The summed E-state index contributed by atoms with van der Waals surface area (Å²) in [5.74, 6) is 0. The summed E-state index contributed by atoms with van der Waals surface area (Å²) in [5, 5.41) is 10.5. The standard InChI is InChI=1S/C6H12O3/c1-3-8-5-6(7)9-4-2/h5-6H,3-4H2,1-2H3. The predicted molar refractivity (Wildman–Crippen MR) is 32.0 cm³/mol. The summed E-state index contributed by atoms with van der Waals surface area (Å²) in [4.78, 5) is 0. The van der Waals surface area contributed by atoms with E-state index in [0.29, 0.717) is 13.2 Å². The number of rotatable bonds is 5. The van der Waals surface area contributed by atoms with Gasteiger partial charge in [-0.15, -0.1) is 0 Å². The van der Waals surface area contributed by atoms with Crippen molar-refractivity contribution in [2.75, 3.05) is 13.2 Å². The third kappa shape index (κ3) is 5.76. The Morgan fingerprint density at radius 1 is 1.44 bits per heavy atom. The fraction of sp³-hybridized carbons (Fsp3) is 0.833. The van der Waals surface area contributed by atoms with E-state index in [1.54, 1.807) is 6.92 Å². The van der Waals surface area contributed by atoms with Crippen molar-refractivity contribution in [1.82, 2.24) is 0 Å². The van der Waals surface area contributed by atoms with Gasteiger partial charge in [0.25, 0.3) is 0 Å². The summed E-state index contributed by atoms with van der Waals surface area (Å²) < 4.78 is 9.29. The molecule has 0 saturated carbocycles. The molecule has 0 heterocycles. The summed E-state index contributed by atoms with van der Waals surface area (Å²) in [6.07, 6.45) is -1.13. The van der Waals surface area contributed by atoms with Crippen molar-refractivity contribution < 1.29 is 14.6 Å². The second-order valence-corrected chi connectivity index (χ2v) is 1.42. The molecule has 1 atom stereocenters. The zero-order chi connectivity index (χ0) is 7.11. The van der Waals surface area contributed by atoms with Crippen LogP contribution in [0.2, 0.25) is 0 Å². The Kier molecular flexibility index (Phi) is 5.93. The third-order valence-electron chi connectivity index (χ3n) is 0.705. The van der Waals surface area contributed by atoms with Crippen molar-refractivity contribution in [1.29, 1.82) is 0 Å². The zero-order valence-electron chi connectivity index (χ0n) is 5.79. The second-order valence-electron chi connectivity index (χ2n) is 1.42. The molecule has 2 radical (unpaired) electrons. The van der Waals surface area contributed by atoms with Gasteiger partial charge in [-0.05, 0) is 13.8 Å². The van der Waals surface area contributed by atoms with Crippen LogP contribution in [0.15, 0.2) is 0 Å². The van der Waals surface area contributed by atoms with E-state index in [1.807, 2.05) is 6.92 Å². The highest BCUT2D eigenvalue weighted by Crippen LogP contribution is 1.93. The van der Waals surface area contributed by atoms with Crippen molar-refractivity contribution in [3.63, 3.8) is 0 Å². The molecule has 0 aliphatic rings. The van der Waals surface area contributed by atoms with Gasteiger partial charge in [-0.25, -0.2) is 0 Å². The summed E-state index contributed by atoms with van der Waals surface area (Å²) in [6.45, 7) is 5.69. The van der Waals surface area contributed by atoms with Crippen molar-refractivity contribution in [3.8, 4) is 0 Å². The van der Waals surface area contributed by atoms with Gasteiger partial charge in [0.2, 0.25) is 6.29 Å². The van der Waals surface area contributed by atoms with Gasteiger partial charge < -0.3 is 9.47 Å². The summed E-state index contributed by atoms with van der Waals surface area (Å²) >= 11 is 0. The molecule has 0 bridgehead atoms. The van der Waals surface area contributed by atoms with E-state index in [1.165, 1.54) is 0 Å². The lowest BCUT2D eigenvalue weighted by Gasteiger charge is -2.05. The topological polar surface area (TPSA) is 38.4 Å². The van der Waals surface area contributed by atoms with Crippen LogP contribution < -0.4 is 0 Å². The Morgan fingerprint density at radius 2 is 2.11 bits per heavy atom. The van der Waals surface area contributed by atoms with Gasteiger partial charge in [0.1, 0.15) is 6.61 Å². The highest BCUT2D eigenvalue weighted by atomic mass is 16.6. The van der Waals surface area contributed by atoms with Gasteiger partial charge >= 0.3 is 0 Å². The maximum absolute atomic E-state index is 10.5. The monoisotopic (exact) mass is 132 g/mol. The highest BCUT2D eigenvalue weighted by molar-refractivity contribution is 4.51. The van der Waals surface area contributed by atoms with Crippen LogP contribution in [-0.2, 0) is 14.6 Å². The second kappa shape index (κ2) is 6.01. The minimum absolute atomic E-state index is 0.428. The molecule has 0 aliphatic carbocycles. The van der Waals surface area contributed by atoms with Crippen LogP contribution in [0, 0.1) is 6.61 Å². The first-order chi connectivity index (χ1) is 4.31. The van der Waals surface area contributed by atoms with Gasteiger partial charge in [0, 0.05) is 13.2 Å². The molecule has 3 nitrogen and oxygen atoms in total. The molecule has 0 N–H and O–H groups in total. The summed E-state index contributed by atoms with van der Waals surface area (Å²) in [7, 11) is 0. The van der Waals surface area contributed by atoms with E-state index in [4.69, 9.17) is 0 Å². The molecule has 0 fully saturated rings. The fourth-order valence-corrected chi connectivity index (χ4v) is 0.378. The molecule has 1 unspecified atom stereocenters. The van der Waals surface area contributed by atoms with Crippen LogP contribution in [-0.4, -0.2) is 19.5 Å². The Hall–Kier alpha value is -0.120. The molecule has 3 heteroatoms. The van der Waals surface area contributed by atoms with E-state index < -0.39 is 6.29 Å². The SMILES string of the molecule is CCO[CH]C([O])OCC. The first-order valence-electron chi connectivity index (χ1n) is 3.03. The lowest BCUT2D eigenvalue weighted by Crippen LogP contribution is -2.12. The van der Waals surface area contributed by atoms with Crippen molar-refractivity contribution in [2.45, 2.75) is 20.1 Å². The first-order valence-corrected chi connectivity index (χ1v) is 3.03. The summed E-state index contributed by atoms with van der Waals surface area (Å²) in [6, 6.07) is 0. The minimum atomic E-state index is -1.13.